The molecule has 108 valence electrons. The number of hydrogen-bond donors (Lipinski definition) is 0. The molecule has 3 nitrogen and oxygen atoms in total. The average Bonchev–Trinajstić information content (AvgIpc) is 2.76. The van der Waals surface area contributed by atoms with Gasteiger partial charge in [-0.05, 0) is 30.2 Å². The lowest BCUT2D eigenvalue weighted by molar-refractivity contribution is 0.528. The second-order valence-corrected chi connectivity index (χ2v) is 5.91. The highest BCUT2D eigenvalue weighted by atomic mass is 79.9. The quantitative estimate of drug-likeness (QED) is 0.654. The van der Waals surface area contributed by atoms with Gasteiger partial charge in [-0.2, -0.15) is 0 Å². The Hall–Kier alpha value is -1.88. The largest absolute Gasteiger partial charge is 0.419 e. The van der Waals surface area contributed by atoms with E-state index < -0.39 is 5.76 Å². The van der Waals surface area contributed by atoms with E-state index in [9.17, 15) is 9.18 Å². The molecule has 0 fully saturated rings. The molecule has 1 unspecified atom stereocenters. The fraction of sp³-hybridized carbons (Fsp3) is 0.188. The molecule has 0 N–H and O–H groups in total. The molecular weight excluding hydrogens is 337 g/mol. The van der Waals surface area contributed by atoms with Gasteiger partial charge >= 0.3 is 5.76 Å². The third-order valence-corrected chi connectivity index (χ3v) is 4.63. The van der Waals surface area contributed by atoms with Crippen molar-refractivity contribution in [3.05, 3.63) is 69.5 Å². The van der Waals surface area contributed by atoms with Crippen molar-refractivity contribution >= 4 is 27.0 Å². The van der Waals surface area contributed by atoms with Crippen LogP contribution in [-0.2, 0) is 7.05 Å². The Morgan fingerprint density at radius 1 is 1.29 bits per heavy atom. The summed E-state index contributed by atoms with van der Waals surface area (Å²) in [6, 6.07) is 10.7. The minimum atomic E-state index is -0.407. The normalized spacial score (nSPS) is 12.8. The summed E-state index contributed by atoms with van der Waals surface area (Å²) < 4.78 is 20.8. The molecular formula is C16H13BrFNO2. The fourth-order valence-corrected chi connectivity index (χ4v) is 2.99. The number of nitrogens with zero attached hydrogens (tertiary/aromatic N) is 1. The Morgan fingerprint density at radius 3 is 2.81 bits per heavy atom. The van der Waals surface area contributed by atoms with Crippen molar-refractivity contribution < 1.29 is 8.81 Å². The number of benzene rings is 2. The van der Waals surface area contributed by atoms with E-state index in [1.54, 1.807) is 38.2 Å². The molecule has 0 bridgehead atoms. The highest BCUT2D eigenvalue weighted by Crippen LogP contribution is 2.34. The first-order chi connectivity index (χ1) is 9.99. The summed E-state index contributed by atoms with van der Waals surface area (Å²) in [6.45, 7) is 1.73. The third-order valence-electron chi connectivity index (χ3n) is 3.60. The van der Waals surface area contributed by atoms with Crippen molar-refractivity contribution in [3.63, 3.8) is 0 Å². The fourth-order valence-electron chi connectivity index (χ4n) is 2.35. The maximum atomic E-state index is 14.2. The number of alkyl halides is 1. The molecule has 0 amide bonds. The first-order valence-electron chi connectivity index (χ1n) is 6.47. The van der Waals surface area contributed by atoms with Crippen LogP contribution in [0.2, 0.25) is 0 Å². The van der Waals surface area contributed by atoms with Crippen LogP contribution in [-0.4, -0.2) is 4.57 Å². The minimum absolute atomic E-state index is 0.228. The average molecular weight is 350 g/mol. The Morgan fingerprint density at radius 2 is 2.05 bits per heavy atom. The van der Waals surface area contributed by atoms with Crippen LogP contribution in [0.1, 0.15) is 21.5 Å². The van der Waals surface area contributed by atoms with Gasteiger partial charge in [0.2, 0.25) is 0 Å². The van der Waals surface area contributed by atoms with Gasteiger partial charge in [-0.1, -0.05) is 40.2 Å². The summed E-state index contributed by atoms with van der Waals surface area (Å²) in [5.74, 6) is -0.635. The summed E-state index contributed by atoms with van der Waals surface area (Å²) in [5.41, 5.74) is 3.21. The maximum absolute atomic E-state index is 14.2. The summed E-state index contributed by atoms with van der Waals surface area (Å²) in [6.07, 6.45) is 0. The molecule has 2 aromatic carbocycles. The van der Waals surface area contributed by atoms with E-state index in [-0.39, 0.29) is 10.6 Å². The number of oxazole rings is 1. The van der Waals surface area contributed by atoms with Crippen LogP contribution < -0.4 is 5.76 Å². The molecule has 3 aromatic rings. The number of fused-ring (bicyclic) bond motifs is 1. The predicted molar refractivity (Wildman–Crippen MR) is 83.4 cm³/mol. The predicted octanol–water partition coefficient (Wildman–Crippen LogP) is 4.06. The van der Waals surface area contributed by atoms with E-state index in [0.29, 0.717) is 22.2 Å². The lowest BCUT2D eigenvalue weighted by Gasteiger charge is -2.13. The molecule has 3 rings (SSSR count). The van der Waals surface area contributed by atoms with E-state index in [1.807, 2.05) is 12.1 Å². The van der Waals surface area contributed by atoms with Crippen LogP contribution in [0.15, 0.2) is 45.6 Å². The summed E-state index contributed by atoms with van der Waals surface area (Å²) in [7, 11) is 1.65. The molecule has 0 aliphatic rings. The van der Waals surface area contributed by atoms with Crippen LogP contribution in [0.25, 0.3) is 11.1 Å². The molecule has 0 aliphatic carbocycles. The monoisotopic (exact) mass is 349 g/mol. The number of aromatic nitrogens is 1. The molecule has 0 saturated carbocycles. The number of rotatable bonds is 2. The molecule has 0 saturated heterocycles. The summed E-state index contributed by atoms with van der Waals surface area (Å²) in [5, 5.41) is 0. The van der Waals surface area contributed by atoms with E-state index in [4.69, 9.17) is 4.42 Å². The lowest BCUT2D eigenvalue weighted by Crippen LogP contribution is -2.08. The molecule has 1 aromatic heterocycles. The first kappa shape index (κ1) is 14.1. The van der Waals surface area contributed by atoms with Crippen molar-refractivity contribution in [3.8, 4) is 0 Å². The smallest absolute Gasteiger partial charge is 0.408 e. The molecule has 21 heavy (non-hydrogen) atoms. The number of halogens is 2. The van der Waals surface area contributed by atoms with E-state index in [0.717, 1.165) is 5.56 Å². The molecule has 1 heterocycles. The van der Waals surface area contributed by atoms with Crippen LogP contribution >= 0.6 is 15.9 Å². The van der Waals surface area contributed by atoms with Gasteiger partial charge in [0.1, 0.15) is 5.82 Å². The molecule has 0 radical (unpaired) electrons. The lowest BCUT2D eigenvalue weighted by atomic mass is 10.0. The Labute approximate surface area is 129 Å². The minimum Gasteiger partial charge on any atom is -0.408 e. The second-order valence-electron chi connectivity index (χ2n) is 4.99. The van der Waals surface area contributed by atoms with Gasteiger partial charge in [-0.3, -0.25) is 4.57 Å². The Bertz CT molecular complexity index is 882. The molecule has 5 heteroatoms. The van der Waals surface area contributed by atoms with Crippen molar-refractivity contribution in [2.24, 2.45) is 7.05 Å². The van der Waals surface area contributed by atoms with Gasteiger partial charge < -0.3 is 4.42 Å². The standard InChI is InChI=1S/C16H13BrFNO2/c1-9-4-3-5-11(15(9)18)14(17)10-6-7-12-13(8-10)21-16(20)19(12)2/h3-8,14H,1-2H3. The second kappa shape index (κ2) is 5.15. The van der Waals surface area contributed by atoms with E-state index >= 15 is 0 Å². The SMILES string of the molecule is Cc1cccc(C(Br)c2ccc3c(c2)oc(=O)n3C)c1F. The zero-order valence-corrected chi connectivity index (χ0v) is 13.1. The summed E-state index contributed by atoms with van der Waals surface area (Å²) in [4.78, 5) is 11.2. The highest BCUT2D eigenvalue weighted by molar-refractivity contribution is 9.09. The molecule has 0 spiro atoms. The van der Waals surface area contributed by atoms with Gasteiger partial charge in [0.25, 0.3) is 0 Å². The highest BCUT2D eigenvalue weighted by Gasteiger charge is 2.17. The van der Waals surface area contributed by atoms with Crippen molar-refractivity contribution in [2.45, 2.75) is 11.8 Å². The van der Waals surface area contributed by atoms with Gasteiger partial charge in [-0.15, -0.1) is 0 Å². The van der Waals surface area contributed by atoms with Crippen LogP contribution in [0, 0.1) is 12.7 Å². The van der Waals surface area contributed by atoms with Crippen molar-refractivity contribution in [1.82, 2.24) is 4.57 Å². The van der Waals surface area contributed by atoms with Crippen LogP contribution in [0.4, 0.5) is 4.39 Å². The Kier molecular flexibility index (Phi) is 3.45. The van der Waals surface area contributed by atoms with Gasteiger partial charge in [-0.25, -0.2) is 9.18 Å². The Balaban J connectivity index is 2.11. The molecule has 0 aliphatic heterocycles. The van der Waals surface area contributed by atoms with Crippen molar-refractivity contribution in [2.75, 3.05) is 0 Å². The topological polar surface area (TPSA) is 35.1 Å². The maximum Gasteiger partial charge on any atom is 0.419 e. The van der Waals surface area contributed by atoms with E-state index in [1.165, 1.54) is 4.57 Å². The van der Waals surface area contributed by atoms with Gasteiger partial charge in [0.05, 0.1) is 10.3 Å². The zero-order valence-electron chi connectivity index (χ0n) is 11.6. The molecule has 1 atom stereocenters. The zero-order chi connectivity index (χ0) is 15.1. The van der Waals surface area contributed by atoms with Crippen LogP contribution in [0.5, 0.6) is 0 Å². The third kappa shape index (κ3) is 2.31. The van der Waals surface area contributed by atoms with Crippen LogP contribution in [0.3, 0.4) is 0 Å². The van der Waals surface area contributed by atoms with E-state index in [2.05, 4.69) is 15.9 Å². The summed E-state index contributed by atoms with van der Waals surface area (Å²) >= 11 is 3.52. The number of hydrogen-bond acceptors (Lipinski definition) is 2. The first-order valence-corrected chi connectivity index (χ1v) is 7.39. The van der Waals surface area contributed by atoms with Gasteiger partial charge in [0, 0.05) is 12.6 Å². The number of aryl methyl sites for hydroxylation is 2. The van der Waals surface area contributed by atoms with Gasteiger partial charge in [0.15, 0.2) is 5.58 Å². The van der Waals surface area contributed by atoms with Crippen molar-refractivity contribution in [1.29, 1.82) is 0 Å².